The first-order chi connectivity index (χ1) is 18.2. The molecule has 0 amide bonds. The monoisotopic (exact) mass is 502 g/mol. The maximum absolute atomic E-state index is 13.4. The van der Waals surface area contributed by atoms with E-state index >= 15 is 0 Å². The van der Waals surface area contributed by atoms with Crippen molar-refractivity contribution in [3.63, 3.8) is 0 Å². The molecule has 38 heavy (non-hydrogen) atoms. The van der Waals surface area contributed by atoms with Gasteiger partial charge in [-0.2, -0.15) is 0 Å². The van der Waals surface area contributed by atoms with E-state index in [1.54, 1.807) is 12.1 Å². The van der Waals surface area contributed by atoms with Crippen LogP contribution >= 0.6 is 0 Å². The standard InChI is InChI=1S/C30H14O8/c31-13-4-8-2-1-7-3-10-18-20(28(36)30(38)27(10)35)9-6-14(32)25(33)11-5-12-19-22(21(13)29(37)26(12)34)16(8)15(7)23(18)24(19)17(9)11/h3-6,31-36H,1-2H2. The zero-order valence-corrected chi connectivity index (χ0v) is 19.2. The third-order valence-corrected chi connectivity index (χ3v) is 8.73. The number of hydrogen-bond acceptors (Lipinski definition) is 8. The molecule has 0 bridgehead atoms. The average Bonchev–Trinajstić information content (AvgIpc) is 2.90. The predicted octanol–water partition coefficient (Wildman–Crippen LogP) is 4.56. The number of fused-ring (bicyclic) bond motifs is 1. The smallest absolute Gasteiger partial charge is 0.262 e. The molecular weight excluding hydrogens is 488 g/mol. The van der Waals surface area contributed by atoms with Crippen molar-refractivity contribution >= 4 is 75.4 Å². The van der Waals surface area contributed by atoms with Crippen LogP contribution in [-0.4, -0.2) is 30.6 Å². The van der Waals surface area contributed by atoms with Crippen LogP contribution in [0.5, 0.6) is 34.5 Å². The van der Waals surface area contributed by atoms with E-state index in [-0.39, 0.29) is 38.1 Å². The maximum atomic E-state index is 13.4. The lowest BCUT2D eigenvalue weighted by atomic mass is 9.75. The van der Waals surface area contributed by atoms with Crippen LogP contribution in [-0.2, 0) is 12.8 Å². The van der Waals surface area contributed by atoms with Crippen molar-refractivity contribution in [2.75, 3.05) is 0 Å². The molecule has 8 aromatic carbocycles. The van der Waals surface area contributed by atoms with Gasteiger partial charge in [0.2, 0.25) is 5.43 Å². The van der Waals surface area contributed by atoms with Gasteiger partial charge in [0.15, 0.2) is 28.7 Å². The van der Waals surface area contributed by atoms with Gasteiger partial charge in [-0.3, -0.25) is 9.59 Å². The number of phenols is 6. The average molecular weight is 502 g/mol. The predicted molar refractivity (Wildman–Crippen MR) is 144 cm³/mol. The lowest BCUT2D eigenvalue weighted by Crippen LogP contribution is -2.10. The Bertz CT molecular complexity index is 2550. The summed E-state index contributed by atoms with van der Waals surface area (Å²) in [6.07, 6.45) is 1.07. The zero-order chi connectivity index (χ0) is 26.1. The van der Waals surface area contributed by atoms with E-state index in [2.05, 4.69) is 0 Å². The van der Waals surface area contributed by atoms with Crippen molar-refractivity contribution in [3.8, 4) is 34.5 Å². The van der Waals surface area contributed by atoms with Gasteiger partial charge in [-0.05, 0) is 69.8 Å². The first kappa shape index (κ1) is 19.9. The summed E-state index contributed by atoms with van der Waals surface area (Å²) in [7, 11) is 0. The maximum Gasteiger partial charge on any atom is 0.262 e. The Labute approximate surface area is 209 Å². The fourth-order valence-corrected chi connectivity index (χ4v) is 7.30. The van der Waals surface area contributed by atoms with Crippen molar-refractivity contribution in [1.29, 1.82) is 0 Å². The summed E-state index contributed by atoms with van der Waals surface area (Å²) in [4.78, 5) is 26.4. The summed E-state index contributed by atoms with van der Waals surface area (Å²) >= 11 is 0. The first-order valence-corrected chi connectivity index (χ1v) is 12.0. The molecule has 6 N–H and O–H groups in total. The molecule has 0 unspecified atom stereocenters. The van der Waals surface area contributed by atoms with Crippen LogP contribution in [0.4, 0.5) is 0 Å². The van der Waals surface area contributed by atoms with Crippen molar-refractivity contribution in [2.45, 2.75) is 12.8 Å². The van der Waals surface area contributed by atoms with E-state index in [4.69, 9.17) is 0 Å². The molecule has 0 fully saturated rings. The third kappa shape index (κ3) is 1.78. The van der Waals surface area contributed by atoms with Crippen LogP contribution in [0.2, 0.25) is 0 Å². The van der Waals surface area contributed by atoms with Gasteiger partial charge in [0.1, 0.15) is 5.75 Å². The molecule has 182 valence electrons. The van der Waals surface area contributed by atoms with Crippen molar-refractivity contribution in [3.05, 3.63) is 55.8 Å². The zero-order valence-electron chi connectivity index (χ0n) is 19.2. The fourth-order valence-electron chi connectivity index (χ4n) is 7.30. The Kier molecular flexibility index (Phi) is 2.97. The largest absolute Gasteiger partial charge is 0.507 e. The van der Waals surface area contributed by atoms with E-state index in [9.17, 15) is 40.2 Å². The summed E-state index contributed by atoms with van der Waals surface area (Å²) in [6, 6.07) is 5.94. The summed E-state index contributed by atoms with van der Waals surface area (Å²) in [5.74, 6) is -3.13. The fraction of sp³-hybridized carbons (Fsp3) is 0.0667. The van der Waals surface area contributed by atoms with Crippen molar-refractivity contribution < 1.29 is 30.6 Å². The van der Waals surface area contributed by atoms with Gasteiger partial charge in [-0.25, -0.2) is 0 Å². The second kappa shape index (κ2) is 5.68. The van der Waals surface area contributed by atoms with E-state index in [1.807, 2.05) is 0 Å². The molecule has 1 aliphatic carbocycles. The topological polar surface area (TPSA) is 156 Å². The highest BCUT2D eigenvalue weighted by molar-refractivity contribution is 6.50. The highest BCUT2D eigenvalue weighted by atomic mass is 16.3. The van der Waals surface area contributed by atoms with Crippen LogP contribution in [0.25, 0.3) is 75.4 Å². The second-order valence-corrected chi connectivity index (χ2v) is 10.4. The molecule has 0 aliphatic heterocycles. The van der Waals surface area contributed by atoms with Gasteiger partial charge in [0.25, 0.3) is 5.43 Å². The molecule has 8 aromatic rings. The summed E-state index contributed by atoms with van der Waals surface area (Å²) in [6.45, 7) is 0. The number of hydrogen-bond donors (Lipinski definition) is 6. The molecule has 0 aromatic heterocycles. The Morgan fingerprint density at radius 1 is 0.395 bits per heavy atom. The van der Waals surface area contributed by atoms with Gasteiger partial charge >= 0.3 is 0 Å². The molecule has 8 nitrogen and oxygen atoms in total. The molecule has 0 radical (unpaired) electrons. The Morgan fingerprint density at radius 3 is 1.68 bits per heavy atom. The van der Waals surface area contributed by atoms with E-state index in [1.165, 1.54) is 12.1 Å². The van der Waals surface area contributed by atoms with Crippen molar-refractivity contribution in [2.24, 2.45) is 0 Å². The Balaban J connectivity index is 1.87. The highest BCUT2D eigenvalue weighted by Gasteiger charge is 2.33. The minimum Gasteiger partial charge on any atom is -0.507 e. The number of rotatable bonds is 0. The van der Waals surface area contributed by atoms with E-state index < -0.39 is 39.6 Å². The number of aromatic hydroxyl groups is 6. The van der Waals surface area contributed by atoms with Crippen molar-refractivity contribution in [1.82, 2.24) is 0 Å². The van der Waals surface area contributed by atoms with Gasteiger partial charge in [-0.1, -0.05) is 0 Å². The van der Waals surface area contributed by atoms with Crippen LogP contribution in [0.15, 0.2) is 33.9 Å². The van der Waals surface area contributed by atoms with E-state index in [0.29, 0.717) is 45.2 Å². The Morgan fingerprint density at radius 2 is 0.947 bits per heavy atom. The molecule has 0 heterocycles. The molecule has 9 rings (SSSR count). The molecule has 1 aliphatic rings. The normalized spacial score (nSPS) is 13.9. The van der Waals surface area contributed by atoms with Gasteiger partial charge < -0.3 is 30.6 Å². The highest BCUT2D eigenvalue weighted by Crippen LogP contribution is 2.57. The van der Waals surface area contributed by atoms with Crippen LogP contribution in [0.3, 0.4) is 0 Å². The van der Waals surface area contributed by atoms with E-state index in [0.717, 1.165) is 21.9 Å². The lowest BCUT2D eigenvalue weighted by Gasteiger charge is -2.28. The van der Waals surface area contributed by atoms with Gasteiger partial charge in [-0.15, -0.1) is 0 Å². The molecule has 0 spiro atoms. The lowest BCUT2D eigenvalue weighted by molar-refractivity contribution is 0.409. The minimum absolute atomic E-state index is 0.0149. The Hall–Kier alpha value is -5.24. The van der Waals surface area contributed by atoms with Crippen LogP contribution < -0.4 is 10.9 Å². The van der Waals surface area contributed by atoms with Gasteiger partial charge in [0.05, 0.1) is 5.39 Å². The quantitative estimate of drug-likeness (QED) is 0.100. The molecular formula is C30H14O8. The number of aryl methyl sites for hydroxylation is 2. The first-order valence-electron chi connectivity index (χ1n) is 12.0. The number of benzene rings is 8. The SMILES string of the molecule is O=c1c(O)c2cc3c4c5c(cc(O)c6c(=O)c(O)c7cc8c(O)c(O)cc9c(c1O)c2c4c(c89)c7c65)CC3. The minimum atomic E-state index is -0.946. The molecule has 8 heteroatoms. The van der Waals surface area contributed by atoms with Crippen LogP contribution in [0.1, 0.15) is 11.1 Å². The summed E-state index contributed by atoms with van der Waals surface area (Å²) in [5, 5.41) is 70.8. The molecule has 0 saturated carbocycles. The number of phenolic OH excluding ortho intramolecular Hbond substituents is 6. The summed E-state index contributed by atoms with van der Waals surface area (Å²) < 4.78 is 0. The molecule has 0 atom stereocenters. The second-order valence-electron chi connectivity index (χ2n) is 10.4. The summed E-state index contributed by atoms with van der Waals surface area (Å²) in [5.41, 5.74) is -0.0669. The third-order valence-electron chi connectivity index (χ3n) is 8.73. The van der Waals surface area contributed by atoms with Gasteiger partial charge in [0, 0.05) is 48.5 Å². The van der Waals surface area contributed by atoms with Crippen LogP contribution in [0, 0.1) is 0 Å². The molecule has 0 saturated heterocycles.